The maximum atomic E-state index is 11.9. The van der Waals surface area contributed by atoms with Crippen LogP contribution in [0.5, 0.6) is 0 Å². The van der Waals surface area contributed by atoms with Gasteiger partial charge in [-0.3, -0.25) is 4.79 Å². The van der Waals surface area contributed by atoms with Gasteiger partial charge in [-0.25, -0.2) is 4.79 Å². The van der Waals surface area contributed by atoms with E-state index in [0.717, 1.165) is 32.5 Å². The first-order valence-corrected chi connectivity index (χ1v) is 8.58. The number of likely N-dealkylation sites (tertiary alicyclic amines) is 1. The van der Waals surface area contributed by atoms with Gasteiger partial charge >= 0.3 is 12.1 Å². The van der Waals surface area contributed by atoms with Gasteiger partial charge in [0.05, 0.1) is 6.61 Å². The van der Waals surface area contributed by atoms with E-state index in [-0.39, 0.29) is 18.1 Å². The Hall–Kier alpha value is -1.30. The molecular weight excluding hydrogens is 296 g/mol. The van der Waals surface area contributed by atoms with Crippen molar-refractivity contribution in [1.82, 2.24) is 10.2 Å². The van der Waals surface area contributed by atoms with Gasteiger partial charge in [0.1, 0.15) is 5.60 Å². The quantitative estimate of drug-likeness (QED) is 0.759. The molecule has 0 aromatic carbocycles. The van der Waals surface area contributed by atoms with Crippen LogP contribution < -0.4 is 5.32 Å². The summed E-state index contributed by atoms with van der Waals surface area (Å²) in [5.74, 6) is 0.283. The van der Waals surface area contributed by atoms with Crippen LogP contribution in [0.3, 0.4) is 0 Å². The van der Waals surface area contributed by atoms with Gasteiger partial charge in [-0.1, -0.05) is 6.92 Å². The predicted octanol–water partition coefficient (Wildman–Crippen LogP) is 2.56. The second kappa shape index (κ2) is 9.11. The van der Waals surface area contributed by atoms with Gasteiger partial charge in [0.2, 0.25) is 0 Å². The highest BCUT2D eigenvalue weighted by atomic mass is 16.6. The van der Waals surface area contributed by atoms with Crippen LogP contribution in [0, 0.1) is 5.92 Å². The highest BCUT2D eigenvalue weighted by molar-refractivity contribution is 5.69. The van der Waals surface area contributed by atoms with Crippen LogP contribution in [-0.4, -0.2) is 54.8 Å². The molecule has 0 radical (unpaired) electrons. The summed E-state index contributed by atoms with van der Waals surface area (Å²) in [4.78, 5) is 25.6. The third kappa shape index (κ3) is 8.21. The predicted molar refractivity (Wildman–Crippen MR) is 89.2 cm³/mol. The molecule has 0 aromatic rings. The standard InChI is InChI=1S/C17H32N2O4/c1-6-22-15(20)8-7-10-19-11-9-13(2)14(12-19)18-16(21)23-17(3,4)5/h13-14H,6-12H2,1-5H3,(H,18,21)/t13-,14+/m1/s1. The van der Waals surface area contributed by atoms with Crippen molar-refractivity contribution >= 4 is 12.1 Å². The fraction of sp³-hybridized carbons (Fsp3) is 0.882. The number of nitrogens with zero attached hydrogens (tertiary/aromatic N) is 1. The molecule has 0 aromatic heterocycles. The Bertz CT molecular complexity index is 393. The highest BCUT2D eigenvalue weighted by Crippen LogP contribution is 2.18. The first kappa shape index (κ1) is 19.7. The Labute approximate surface area is 139 Å². The van der Waals surface area contributed by atoms with E-state index in [0.29, 0.717) is 18.9 Å². The lowest BCUT2D eigenvalue weighted by Crippen LogP contribution is -2.52. The molecule has 0 aliphatic carbocycles. The molecular formula is C17H32N2O4. The monoisotopic (exact) mass is 328 g/mol. The molecule has 134 valence electrons. The molecule has 6 heteroatoms. The molecule has 1 fully saturated rings. The first-order valence-electron chi connectivity index (χ1n) is 8.58. The fourth-order valence-electron chi connectivity index (χ4n) is 2.67. The van der Waals surface area contributed by atoms with Crippen molar-refractivity contribution in [2.24, 2.45) is 5.92 Å². The average molecular weight is 328 g/mol. The van der Waals surface area contributed by atoms with Gasteiger partial charge in [0, 0.05) is 19.0 Å². The van der Waals surface area contributed by atoms with Gasteiger partial charge in [-0.15, -0.1) is 0 Å². The maximum Gasteiger partial charge on any atom is 0.407 e. The maximum absolute atomic E-state index is 11.9. The van der Waals surface area contributed by atoms with Gasteiger partial charge in [-0.2, -0.15) is 0 Å². The lowest BCUT2D eigenvalue weighted by atomic mass is 9.93. The number of hydrogen-bond acceptors (Lipinski definition) is 5. The van der Waals surface area contributed by atoms with Crippen LogP contribution in [0.4, 0.5) is 4.79 Å². The normalized spacial score (nSPS) is 22.5. The van der Waals surface area contributed by atoms with Gasteiger partial charge in [0.25, 0.3) is 0 Å². The number of carbonyl (C=O) groups excluding carboxylic acids is 2. The fourth-order valence-corrected chi connectivity index (χ4v) is 2.67. The van der Waals surface area contributed by atoms with Crippen molar-refractivity contribution in [3.05, 3.63) is 0 Å². The molecule has 23 heavy (non-hydrogen) atoms. The molecule has 1 rings (SSSR count). The molecule has 1 aliphatic heterocycles. The Morgan fingerprint density at radius 2 is 2.00 bits per heavy atom. The molecule has 1 aliphatic rings. The molecule has 0 saturated carbocycles. The summed E-state index contributed by atoms with van der Waals surface area (Å²) in [5.41, 5.74) is -0.485. The number of alkyl carbamates (subject to hydrolysis) is 1. The van der Waals surface area contributed by atoms with Crippen LogP contribution in [0.25, 0.3) is 0 Å². The summed E-state index contributed by atoms with van der Waals surface area (Å²) in [6.07, 6.45) is 1.90. The van der Waals surface area contributed by atoms with E-state index in [4.69, 9.17) is 9.47 Å². The average Bonchev–Trinajstić information content (AvgIpc) is 2.40. The molecule has 0 bridgehead atoms. The second-order valence-electron chi connectivity index (χ2n) is 7.23. The van der Waals surface area contributed by atoms with Crippen molar-refractivity contribution in [3.8, 4) is 0 Å². The van der Waals surface area contributed by atoms with E-state index in [1.54, 1.807) is 0 Å². The van der Waals surface area contributed by atoms with Crippen LogP contribution in [-0.2, 0) is 14.3 Å². The van der Waals surface area contributed by atoms with E-state index in [9.17, 15) is 9.59 Å². The third-order valence-corrected chi connectivity index (χ3v) is 3.91. The summed E-state index contributed by atoms with van der Waals surface area (Å²) in [5, 5.41) is 2.98. The summed E-state index contributed by atoms with van der Waals surface area (Å²) >= 11 is 0. The molecule has 2 atom stereocenters. The number of rotatable bonds is 6. The Morgan fingerprint density at radius 3 is 2.61 bits per heavy atom. The molecule has 1 saturated heterocycles. The van der Waals surface area contributed by atoms with Crippen LogP contribution in [0.1, 0.15) is 53.9 Å². The first-order chi connectivity index (χ1) is 10.7. The minimum absolute atomic E-state index is 0.0844. The van der Waals surface area contributed by atoms with E-state index >= 15 is 0 Å². The Kier molecular flexibility index (Phi) is 7.82. The zero-order chi connectivity index (χ0) is 17.5. The SMILES string of the molecule is CCOC(=O)CCCN1CC[C@@H](C)[C@@H](NC(=O)OC(C)(C)C)C1. The second-order valence-corrected chi connectivity index (χ2v) is 7.23. The molecule has 1 heterocycles. The number of ether oxygens (including phenoxy) is 2. The number of carbonyl (C=O) groups is 2. The topological polar surface area (TPSA) is 67.9 Å². The van der Waals surface area contributed by atoms with Crippen molar-refractivity contribution in [1.29, 1.82) is 0 Å². The van der Waals surface area contributed by atoms with E-state index in [1.807, 2.05) is 27.7 Å². The van der Waals surface area contributed by atoms with Crippen LogP contribution >= 0.6 is 0 Å². The lowest BCUT2D eigenvalue weighted by molar-refractivity contribution is -0.143. The number of nitrogens with one attached hydrogen (secondary N) is 1. The minimum Gasteiger partial charge on any atom is -0.466 e. The van der Waals surface area contributed by atoms with E-state index in [1.165, 1.54) is 0 Å². The number of hydrogen-bond donors (Lipinski definition) is 1. The highest BCUT2D eigenvalue weighted by Gasteiger charge is 2.28. The van der Waals surface area contributed by atoms with E-state index < -0.39 is 5.60 Å². The van der Waals surface area contributed by atoms with Crippen molar-refractivity contribution < 1.29 is 19.1 Å². The summed E-state index contributed by atoms with van der Waals surface area (Å²) in [6.45, 7) is 12.6. The number of esters is 1. The summed E-state index contributed by atoms with van der Waals surface area (Å²) in [6, 6.07) is 0.0844. The van der Waals surface area contributed by atoms with Crippen molar-refractivity contribution in [3.63, 3.8) is 0 Å². The number of piperidine rings is 1. The van der Waals surface area contributed by atoms with Gasteiger partial charge in [-0.05, 0) is 59.5 Å². The zero-order valence-corrected chi connectivity index (χ0v) is 15.2. The Balaban J connectivity index is 2.37. The van der Waals surface area contributed by atoms with Crippen LogP contribution in [0.15, 0.2) is 0 Å². The smallest absolute Gasteiger partial charge is 0.407 e. The lowest BCUT2D eigenvalue weighted by Gasteiger charge is -2.37. The van der Waals surface area contributed by atoms with Crippen molar-refractivity contribution in [2.75, 3.05) is 26.2 Å². The Morgan fingerprint density at radius 1 is 1.30 bits per heavy atom. The molecule has 6 nitrogen and oxygen atoms in total. The molecule has 0 spiro atoms. The molecule has 0 unspecified atom stereocenters. The van der Waals surface area contributed by atoms with Gasteiger partial charge < -0.3 is 19.7 Å². The zero-order valence-electron chi connectivity index (χ0n) is 15.2. The largest absolute Gasteiger partial charge is 0.466 e. The van der Waals surface area contributed by atoms with Crippen LogP contribution in [0.2, 0.25) is 0 Å². The summed E-state index contributed by atoms with van der Waals surface area (Å²) < 4.78 is 10.3. The summed E-state index contributed by atoms with van der Waals surface area (Å²) in [7, 11) is 0. The third-order valence-electron chi connectivity index (χ3n) is 3.91. The number of amides is 1. The minimum atomic E-state index is -0.485. The van der Waals surface area contributed by atoms with Gasteiger partial charge in [0.15, 0.2) is 0 Å². The molecule has 1 amide bonds. The van der Waals surface area contributed by atoms with E-state index in [2.05, 4.69) is 17.1 Å². The molecule has 1 N–H and O–H groups in total. The van der Waals surface area contributed by atoms with Crippen molar-refractivity contribution in [2.45, 2.75) is 65.5 Å².